The van der Waals surface area contributed by atoms with Crippen molar-refractivity contribution >= 4 is 41.1 Å². The Bertz CT molecular complexity index is 806. The van der Waals surface area contributed by atoms with Crippen LogP contribution >= 0.6 is 23.1 Å². The van der Waals surface area contributed by atoms with Crippen molar-refractivity contribution in [2.45, 2.75) is 30.0 Å². The first-order valence-corrected chi connectivity index (χ1v) is 9.50. The molecule has 0 radical (unpaired) electrons. The van der Waals surface area contributed by atoms with E-state index < -0.39 is 24.1 Å². The highest BCUT2D eigenvalue weighted by molar-refractivity contribution is 8.00. The van der Waals surface area contributed by atoms with Gasteiger partial charge in [0.15, 0.2) is 6.10 Å². The molecule has 0 spiro atoms. The minimum Gasteiger partial charge on any atom is -0.453 e. The Kier molecular flexibility index (Phi) is 7.16. The highest BCUT2D eigenvalue weighted by Crippen LogP contribution is 2.27. The van der Waals surface area contributed by atoms with Crippen LogP contribution < -0.4 is 5.32 Å². The summed E-state index contributed by atoms with van der Waals surface area (Å²) in [5.41, 5.74) is 2.09. The lowest BCUT2D eigenvalue weighted by Gasteiger charge is -2.14. The number of hydrogen-bond acceptors (Lipinski definition) is 8. The van der Waals surface area contributed by atoms with E-state index in [0.29, 0.717) is 11.3 Å². The molecule has 0 saturated heterocycles. The van der Waals surface area contributed by atoms with Crippen molar-refractivity contribution in [3.63, 3.8) is 0 Å². The molecule has 1 N–H and O–H groups in total. The molecule has 0 aliphatic carbocycles. The van der Waals surface area contributed by atoms with E-state index in [0.717, 1.165) is 22.7 Å². The van der Waals surface area contributed by atoms with Crippen LogP contribution in [0.1, 0.15) is 28.5 Å². The van der Waals surface area contributed by atoms with Gasteiger partial charge in [-0.05, 0) is 25.5 Å². The molecule has 138 valence electrons. The van der Waals surface area contributed by atoms with E-state index in [2.05, 4.69) is 9.72 Å². The van der Waals surface area contributed by atoms with Gasteiger partial charge in [-0.1, -0.05) is 30.0 Å². The molecule has 0 saturated carbocycles. The highest BCUT2D eigenvalue weighted by Gasteiger charge is 2.22. The van der Waals surface area contributed by atoms with Gasteiger partial charge in [-0.15, -0.1) is 11.3 Å². The molecule has 1 heterocycles. The maximum Gasteiger partial charge on any atom is 0.413 e. The summed E-state index contributed by atoms with van der Waals surface area (Å²) < 4.78 is 10.4. The number of thioether (sulfide) groups is 1. The SMILES string of the molecule is COC(=O)NC(=O)[C@@H](C)OC(=O)c1ccccc1CSc1nc(C)cs1. The van der Waals surface area contributed by atoms with Crippen molar-refractivity contribution in [1.82, 2.24) is 10.3 Å². The molecule has 0 fully saturated rings. The summed E-state index contributed by atoms with van der Waals surface area (Å²) in [6.45, 7) is 3.30. The monoisotopic (exact) mass is 394 g/mol. The van der Waals surface area contributed by atoms with Gasteiger partial charge in [0.25, 0.3) is 5.91 Å². The standard InChI is InChI=1S/C17H18N2O5S2/c1-10-8-25-17(18-10)26-9-12-6-4-5-7-13(12)15(21)24-11(2)14(20)19-16(22)23-3/h4-8,11H,9H2,1-3H3,(H,19,20,22)/t11-/m1/s1. The molecule has 2 amide bonds. The summed E-state index contributed by atoms with van der Waals surface area (Å²) >= 11 is 3.07. The number of imide groups is 1. The zero-order valence-electron chi connectivity index (χ0n) is 14.5. The Hall–Kier alpha value is -2.39. The predicted molar refractivity (Wildman–Crippen MR) is 98.3 cm³/mol. The summed E-state index contributed by atoms with van der Waals surface area (Å²) in [5, 5.41) is 3.92. The van der Waals surface area contributed by atoms with Gasteiger partial charge < -0.3 is 9.47 Å². The number of thiazole rings is 1. The summed E-state index contributed by atoms with van der Waals surface area (Å²) in [6.07, 6.45) is -2.04. The molecule has 26 heavy (non-hydrogen) atoms. The zero-order valence-corrected chi connectivity index (χ0v) is 16.1. The molecule has 7 nitrogen and oxygen atoms in total. The maximum atomic E-state index is 12.4. The Morgan fingerprint density at radius 3 is 2.69 bits per heavy atom. The third-order valence-electron chi connectivity index (χ3n) is 3.25. The number of rotatable bonds is 6. The lowest BCUT2D eigenvalue weighted by Crippen LogP contribution is -2.39. The molecule has 1 aromatic heterocycles. The fourth-order valence-electron chi connectivity index (χ4n) is 1.91. The van der Waals surface area contributed by atoms with Gasteiger partial charge in [0.1, 0.15) is 4.34 Å². The number of alkyl carbamates (subject to hydrolysis) is 1. The van der Waals surface area contributed by atoms with Crippen molar-refractivity contribution in [2.75, 3.05) is 7.11 Å². The Morgan fingerprint density at radius 2 is 2.04 bits per heavy atom. The number of aryl methyl sites for hydroxylation is 1. The number of esters is 1. The fraction of sp³-hybridized carbons (Fsp3) is 0.294. The van der Waals surface area contributed by atoms with Crippen LogP contribution in [0, 0.1) is 6.92 Å². The minimum absolute atomic E-state index is 0.367. The fourth-order valence-corrected chi connectivity index (χ4v) is 3.77. The number of aromatic nitrogens is 1. The van der Waals surface area contributed by atoms with Crippen molar-refractivity contribution in [1.29, 1.82) is 0 Å². The third kappa shape index (κ3) is 5.57. The molecular formula is C17H18N2O5S2. The van der Waals surface area contributed by atoms with E-state index in [1.165, 1.54) is 18.7 Å². The number of nitrogens with zero attached hydrogens (tertiary/aromatic N) is 1. The summed E-state index contributed by atoms with van der Waals surface area (Å²) in [7, 11) is 1.14. The Morgan fingerprint density at radius 1 is 1.31 bits per heavy atom. The van der Waals surface area contributed by atoms with Crippen LogP contribution in [-0.4, -0.2) is 36.2 Å². The highest BCUT2D eigenvalue weighted by atomic mass is 32.2. The number of ether oxygens (including phenoxy) is 2. The van der Waals surface area contributed by atoms with Crippen molar-refractivity contribution in [2.24, 2.45) is 0 Å². The second kappa shape index (κ2) is 9.35. The zero-order chi connectivity index (χ0) is 19.1. The summed E-state index contributed by atoms with van der Waals surface area (Å²) in [5.74, 6) is -0.847. The van der Waals surface area contributed by atoms with Gasteiger partial charge in [-0.25, -0.2) is 14.6 Å². The summed E-state index contributed by atoms with van der Waals surface area (Å²) in [6, 6.07) is 7.00. The molecule has 0 unspecified atom stereocenters. The van der Waals surface area contributed by atoms with E-state index in [1.54, 1.807) is 23.5 Å². The maximum absolute atomic E-state index is 12.4. The number of carbonyl (C=O) groups excluding carboxylic acids is 3. The van der Waals surface area contributed by atoms with E-state index >= 15 is 0 Å². The number of methoxy groups -OCH3 is 1. The predicted octanol–water partition coefficient (Wildman–Crippen LogP) is 3.17. The molecule has 1 atom stereocenters. The number of carbonyl (C=O) groups is 3. The number of benzene rings is 1. The number of hydrogen-bond donors (Lipinski definition) is 1. The molecule has 9 heteroatoms. The van der Waals surface area contributed by atoms with Crippen LogP contribution in [-0.2, 0) is 20.0 Å². The first kappa shape index (κ1) is 19.9. The second-order valence-corrected chi connectivity index (χ2v) is 7.31. The van der Waals surface area contributed by atoms with Crippen LogP contribution in [0.15, 0.2) is 34.0 Å². The topological polar surface area (TPSA) is 94.6 Å². The van der Waals surface area contributed by atoms with E-state index in [4.69, 9.17) is 4.74 Å². The van der Waals surface area contributed by atoms with E-state index in [1.807, 2.05) is 29.8 Å². The van der Waals surface area contributed by atoms with Crippen molar-refractivity contribution in [3.8, 4) is 0 Å². The first-order chi connectivity index (χ1) is 12.4. The van der Waals surface area contributed by atoms with E-state index in [-0.39, 0.29) is 0 Å². The molecule has 1 aromatic carbocycles. The largest absolute Gasteiger partial charge is 0.453 e. The Balaban J connectivity index is 2.02. The molecular weight excluding hydrogens is 376 g/mol. The van der Waals surface area contributed by atoms with Gasteiger partial charge >= 0.3 is 12.1 Å². The second-order valence-electron chi connectivity index (χ2n) is 5.23. The van der Waals surface area contributed by atoms with Crippen molar-refractivity contribution in [3.05, 3.63) is 46.5 Å². The average molecular weight is 394 g/mol. The molecule has 2 aromatic rings. The van der Waals surface area contributed by atoms with Gasteiger partial charge in [-0.3, -0.25) is 10.1 Å². The normalized spacial score (nSPS) is 11.5. The Labute approximate surface area is 159 Å². The van der Waals surface area contributed by atoms with E-state index in [9.17, 15) is 14.4 Å². The lowest BCUT2D eigenvalue weighted by molar-refractivity contribution is -0.128. The van der Waals surface area contributed by atoms with Gasteiger partial charge in [-0.2, -0.15) is 0 Å². The lowest BCUT2D eigenvalue weighted by atomic mass is 10.1. The number of amides is 2. The molecule has 0 bridgehead atoms. The van der Waals surface area contributed by atoms with Gasteiger partial charge in [0.2, 0.25) is 0 Å². The molecule has 2 rings (SSSR count). The number of nitrogens with one attached hydrogen (secondary N) is 1. The van der Waals surface area contributed by atoms with Crippen LogP contribution in [0.2, 0.25) is 0 Å². The third-order valence-corrected chi connectivity index (χ3v) is 5.44. The molecule has 0 aliphatic heterocycles. The van der Waals surface area contributed by atoms with Gasteiger partial charge in [0, 0.05) is 16.8 Å². The smallest absolute Gasteiger partial charge is 0.413 e. The van der Waals surface area contributed by atoms with Crippen LogP contribution in [0.4, 0.5) is 4.79 Å². The first-order valence-electron chi connectivity index (χ1n) is 7.63. The van der Waals surface area contributed by atoms with Crippen LogP contribution in [0.5, 0.6) is 0 Å². The summed E-state index contributed by atoms with van der Waals surface area (Å²) in [4.78, 5) is 39.6. The molecule has 0 aliphatic rings. The minimum atomic E-state index is -1.14. The van der Waals surface area contributed by atoms with Crippen LogP contribution in [0.3, 0.4) is 0 Å². The van der Waals surface area contributed by atoms with Crippen LogP contribution in [0.25, 0.3) is 0 Å². The quantitative estimate of drug-likeness (QED) is 0.594. The van der Waals surface area contributed by atoms with Crippen molar-refractivity contribution < 1.29 is 23.9 Å². The average Bonchev–Trinajstić information content (AvgIpc) is 3.05. The van der Waals surface area contributed by atoms with Gasteiger partial charge in [0.05, 0.1) is 12.7 Å².